The molecule has 0 unspecified atom stereocenters. The minimum Gasteiger partial charge on any atom is -0.489 e. The first-order valence-corrected chi connectivity index (χ1v) is 7.04. The third kappa shape index (κ3) is 3.26. The number of hydrogen-bond acceptors (Lipinski definition) is 2. The Morgan fingerprint density at radius 3 is 2.36 bits per heavy atom. The van der Waals surface area contributed by atoms with Crippen molar-refractivity contribution in [2.75, 3.05) is 5.73 Å². The van der Waals surface area contributed by atoms with Crippen LogP contribution in [0.5, 0.6) is 5.75 Å². The third-order valence-electron chi connectivity index (χ3n) is 3.42. The Balaban J connectivity index is 1.79. The molecule has 0 aliphatic carbocycles. The van der Waals surface area contributed by atoms with Crippen LogP contribution in [0.25, 0.3) is 11.1 Å². The van der Waals surface area contributed by atoms with E-state index in [0.29, 0.717) is 6.61 Å². The quantitative estimate of drug-likeness (QED) is 0.710. The van der Waals surface area contributed by atoms with E-state index in [-0.39, 0.29) is 5.69 Å². The van der Waals surface area contributed by atoms with Gasteiger partial charge in [-0.25, -0.2) is 4.39 Å². The van der Waals surface area contributed by atoms with Gasteiger partial charge in [-0.1, -0.05) is 48.5 Å². The molecule has 3 heteroatoms. The number of halogens is 1. The summed E-state index contributed by atoms with van der Waals surface area (Å²) in [5, 5.41) is 0. The second-order valence-corrected chi connectivity index (χ2v) is 5.04. The van der Waals surface area contributed by atoms with Crippen molar-refractivity contribution < 1.29 is 9.13 Å². The summed E-state index contributed by atoms with van der Waals surface area (Å²) in [4.78, 5) is 0. The van der Waals surface area contributed by atoms with Crippen LogP contribution in [0.4, 0.5) is 10.1 Å². The van der Waals surface area contributed by atoms with Crippen LogP contribution in [-0.4, -0.2) is 0 Å². The molecule has 3 rings (SSSR count). The number of ether oxygens (including phenoxy) is 1. The van der Waals surface area contributed by atoms with Crippen LogP contribution in [0.15, 0.2) is 72.8 Å². The van der Waals surface area contributed by atoms with E-state index in [1.165, 1.54) is 6.07 Å². The summed E-state index contributed by atoms with van der Waals surface area (Å²) in [5.74, 6) is 0.340. The highest BCUT2D eigenvalue weighted by molar-refractivity contribution is 5.67. The van der Waals surface area contributed by atoms with E-state index in [9.17, 15) is 4.39 Å². The zero-order valence-electron chi connectivity index (χ0n) is 12.0. The summed E-state index contributed by atoms with van der Waals surface area (Å²) < 4.78 is 19.4. The molecule has 0 bridgehead atoms. The second-order valence-electron chi connectivity index (χ2n) is 5.04. The van der Waals surface area contributed by atoms with Gasteiger partial charge in [0.25, 0.3) is 0 Å². The normalized spacial score (nSPS) is 10.4. The Labute approximate surface area is 129 Å². The molecule has 22 heavy (non-hydrogen) atoms. The lowest BCUT2D eigenvalue weighted by molar-refractivity contribution is 0.306. The molecule has 3 aromatic carbocycles. The molecule has 3 aromatic rings. The number of anilines is 1. The highest BCUT2D eigenvalue weighted by Gasteiger charge is 2.04. The van der Waals surface area contributed by atoms with Gasteiger partial charge in [-0.15, -0.1) is 0 Å². The van der Waals surface area contributed by atoms with E-state index in [4.69, 9.17) is 10.5 Å². The Hall–Kier alpha value is -2.81. The molecule has 0 aliphatic rings. The van der Waals surface area contributed by atoms with Gasteiger partial charge in [0.05, 0.1) is 5.69 Å². The minimum atomic E-state index is -0.409. The van der Waals surface area contributed by atoms with Gasteiger partial charge in [0.1, 0.15) is 18.2 Å². The van der Waals surface area contributed by atoms with Gasteiger partial charge in [-0.2, -0.15) is 0 Å². The zero-order valence-corrected chi connectivity index (χ0v) is 12.0. The van der Waals surface area contributed by atoms with Crippen LogP contribution in [0, 0.1) is 5.82 Å². The summed E-state index contributed by atoms with van der Waals surface area (Å²) in [6.07, 6.45) is 0. The fraction of sp³-hybridized carbons (Fsp3) is 0.0526. The van der Waals surface area contributed by atoms with Crippen molar-refractivity contribution in [3.8, 4) is 16.9 Å². The van der Waals surface area contributed by atoms with Crippen LogP contribution in [0.3, 0.4) is 0 Å². The second kappa shape index (κ2) is 6.31. The number of rotatable bonds is 4. The molecule has 0 heterocycles. The first-order chi connectivity index (χ1) is 10.7. The predicted molar refractivity (Wildman–Crippen MR) is 87.0 cm³/mol. The average Bonchev–Trinajstić information content (AvgIpc) is 2.57. The van der Waals surface area contributed by atoms with Crippen molar-refractivity contribution >= 4 is 5.69 Å². The number of benzene rings is 3. The fourth-order valence-electron chi connectivity index (χ4n) is 2.21. The lowest BCUT2D eigenvalue weighted by Gasteiger charge is -2.09. The van der Waals surface area contributed by atoms with Crippen LogP contribution in [0.1, 0.15) is 5.56 Å². The van der Waals surface area contributed by atoms with Gasteiger partial charge in [-0.05, 0) is 41.0 Å². The maximum Gasteiger partial charge on any atom is 0.146 e. The van der Waals surface area contributed by atoms with Gasteiger partial charge >= 0.3 is 0 Å². The highest BCUT2D eigenvalue weighted by Crippen LogP contribution is 2.26. The zero-order chi connectivity index (χ0) is 15.4. The Bertz CT molecular complexity index is 771. The van der Waals surface area contributed by atoms with Crippen LogP contribution in [-0.2, 0) is 6.61 Å². The molecule has 0 amide bonds. The van der Waals surface area contributed by atoms with Crippen LogP contribution < -0.4 is 10.5 Å². The van der Waals surface area contributed by atoms with Crippen molar-refractivity contribution in [3.63, 3.8) is 0 Å². The lowest BCUT2D eigenvalue weighted by atomic mass is 10.0. The summed E-state index contributed by atoms with van der Waals surface area (Å²) in [6, 6.07) is 22.4. The van der Waals surface area contributed by atoms with Crippen molar-refractivity contribution in [2.24, 2.45) is 0 Å². The minimum absolute atomic E-state index is 0.153. The molecular formula is C19H16FNO. The molecule has 0 spiro atoms. The van der Waals surface area contributed by atoms with E-state index >= 15 is 0 Å². The van der Waals surface area contributed by atoms with Gasteiger partial charge in [0, 0.05) is 0 Å². The smallest absolute Gasteiger partial charge is 0.146 e. The molecule has 0 radical (unpaired) electrons. The average molecular weight is 293 g/mol. The summed E-state index contributed by atoms with van der Waals surface area (Å²) in [7, 11) is 0. The monoisotopic (exact) mass is 293 g/mol. The molecule has 110 valence electrons. The standard InChI is InChI=1S/C19H16FNO/c20-18-12-16(9-10-19(18)21)15-7-4-8-17(11-15)22-13-14-5-2-1-3-6-14/h1-12H,13,21H2. The topological polar surface area (TPSA) is 35.2 Å². The Morgan fingerprint density at radius 2 is 1.59 bits per heavy atom. The largest absolute Gasteiger partial charge is 0.489 e. The molecule has 0 aliphatic heterocycles. The van der Waals surface area contributed by atoms with E-state index < -0.39 is 5.82 Å². The summed E-state index contributed by atoms with van der Waals surface area (Å²) >= 11 is 0. The van der Waals surface area contributed by atoms with E-state index in [0.717, 1.165) is 22.4 Å². The predicted octanol–water partition coefficient (Wildman–Crippen LogP) is 4.65. The Kier molecular flexibility index (Phi) is 4.05. The first-order valence-electron chi connectivity index (χ1n) is 7.04. The van der Waals surface area contributed by atoms with Gasteiger partial charge in [0.15, 0.2) is 0 Å². The maximum absolute atomic E-state index is 13.6. The molecule has 2 N–H and O–H groups in total. The van der Waals surface area contributed by atoms with Crippen LogP contribution >= 0.6 is 0 Å². The van der Waals surface area contributed by atoms with Gasteiger partial charge in [-0.3, -0.25) is 0 Å². The lowest BCUT2D eigenvalue weighted by Crippen LogP contribution is -1.95. The number of nitrogen functional groups attached to an aromatic ring is 1. The van der Waals surface area contributed by atoms with Crippen LogP contribution in [0.2, 0.25) is 0 Å². The van der Waals surface area contributed by atoms with E-state index in [1.54, 1.807) is 12.1 Å². The van der Waals surface area contributed by atoms with Crippen molar-refractivity contribution in [3.05, 3.63) is 84.2 Å². The van der Waals surface area contributed by atoms with E-state index in [2.05, 4.69) is 0 Å². The molecule has 0 saturated heterocycles. The molecule has 0 fully saturated rings. The highest BCUT2D eigenvalue weighted by atomic mass is 19.1. The summed E-state index contributed by atoms with van der Waals surface area (Å²) in [6.45, 7) is 0.500. The summed E-state index contributed by atoms with van der Waals surface area (Å²) in [5.41, 5.74) is 8.43. The molecule has 2 nitrogen and oxygen atoms in total. The van der Waals surface area contributed by atoms with Gasteiger partial charge in [0.2, 0.25) is 0 Å². The first kappa shape index (κ1) is 14.1. The molecule has 0 aromatic heterocycles. The van der Waals surface area contributed by atoms with E-state index in [1.807, 2.05) is 54.6 Å². The fourth-order valence-corrected chi connectivity index (χ4v) is 2.21. The maximum atomic E-state index is 13.6. The molecule has 0 saturated carbocycles. The molecule has 0 atom stereocenters. The number of nitrogens with two attached hydrogens (primary N) is 1. The molecular weight excluding hydrogens is 277 g/mol. The van der Waals surface area contributed by atoms with Crippen molar-refractivity contribution in [1.29, 1.82) is 0 Å². The van der Waals surface area contributed by atoms with Crippen molar-refractivity contribution in [2.45, 2.75) is 6.61 Å². The SMILES string of the molecule is Nc1ccc(-c2cccc(OCc3ccccc3)c2)cc1F. The number of hydrogen-bond donors (Lipinski definition) is 1. The Morgan fingerprint density at radius 1 is 0.818 bits per heavy atom. The van der Waals surface area contributed by atoms with Gasteiger partial charge < -0.3 is 10.5 Å². The van der Waals surface area contributed by atoms with Crippen molar-refractivity contribution in [1.82, 2.24) is 0 Å². The third-order valence-corrected chi connectivity index (χ3v) is 3.42.